The van der Waals surface area contributed by atoms with E-state index >= 15 is 0 Å². The van der Waals surface area contributed by atoms with Crippen LogP contribution in [0.15, 0.2) is 59.5 Å². The van der Waals surface area contributed by atoms with E-state index in [-0.39, 0.29) is 30.1 Å². The Labute approximate surface area is 211 Å². The maximum Gasteiger partial charge on any atom is 0.258 e. The molecule has 0 spiro atoms. The second kappa shape index (κ2) is 11.3. The number of rotatable bonds is 10. The van der Waals surface area contributed by atoms with Crippen LogP contribution in [-0.2, 0) is 11.2 Å². The van der Waals surface area contributed by atoms with Crippen LogP contribution in [-0.4, -0.2) is 22.4 Å². The van der Waals surface area contributed by atoms with Crippen LogP contribution in [0.25, 0.3) is 0 Å². The van der Waals surface area contributed by atoms with E-state index in [1.165, 1.54) is 4.57 Å². The third-order valence-electron chi connectivity index (χ3n) is 6.70. The first-order chi connectivity index (χ1) is 17.4. The summed E-state index contributed by atoms with van der Waals surface area (Å²) in [6, 6.07) is 14.3. The number of hydrogen-bond donors (Lipinski definition) is 2. The van der Waals surface area contributed by atoms with Crippen molar-refractivity contribution in [2.45, 2.75) is 65.0 Å². The average molecular weight is 491 g/mol. The summed E-state index contributed by atoms with van der Waals surface area (Å²) in [4.78, 5) is 27.3. The number of nitrogens with one attached hydrogen (secondary N) is 1. The molecule has 3 aromatic rings. The maximum atomic E-state index is 13.7. The van der Waals surface area contributed by atoms with E-state index in [1.807, 2.05) is 55.5 Å². The van der Waals surface area contributed by atoms with Gasteiger partial charge in [-0.1, -0.05) is 63.1 Å². The molecule has 2 N–H and O–H groups in total. The van der Waals surface area contributed by atoms with Crippen molar-refractivity contribution in [3.05, 3.63) is 87.3 Å². The summed E-state index contributed by atoms with van der Waals surface area (Å²) in [5.74, 6) is 1.13. The van der Waals surface area contributed by atoms with Crippen LogP contribution in [0.4, 0.5) is 0 Å². The number of carbonyl (C=O) groups excluding carboxylic acids is 1. The second-order valence-electron chi connectivity index (χ2n) is 9.25. The van der Waals surface area contributed by atoms with Crippen molar-refractivity contribution in [1.29, 1.82) is 0 Å². The molecule has 7 nitrogen and oxygen atoms in total. The average Bonchev–Trinajstić information content (AvgIpc) is 3.37. The van der Waals surface area contributed by atoms with Gasteiger partial charge in [0, 0.05) is 18.2 Å². The molecule has 1 aromatic heterocycles. The molecule has 1 aliphatic rings. The Morgan fingerprint density at radius 1 is 1.11 bits per heavy atom. The van der Waals surface area contributed by atoms with E-state index in [4.69, 9.17) is 9.47 Å². The fourth-order valence-corrected chi connectivity index (χ4v) is 4.63. The fraction of sp³-hybridized carbons (Fsp3) is 0.379. The normalized spacial score (nSPS) is 13.9. The van der Waals surface area contributed by atoms with E-state index in [0.29, 0.717) is 41.9 Å². The molecule has 0 aliphatic carbocycles. The molecule has 4 rings (SSSR count). The standard InChI is InChI=1S/C29H34N2O5/c1-4-6-12-24(28(33)30-23(5-2)21-13-14-25-26(16-21)36-18-35-25)31-17-19(3)27(32)22(29(31)34)15-20-10-8-7-9-11-20/h7-11,13-14,16-17,23-24,32H,4-6,12,15,18H2,1-3H3,(H,30,33). The van der Waals surface area contributed by atoms with Crippen LogP contribution >= 0.6 is 0 Å². The highest BCUT2D eigenvalue weighted by Crippen LogP contribution is 2.35. The van der Waals surface area contributed by atoms with E-state index in [1.54, 1.807) is 13.1 Å². The van der Waals surface area contributed by atoms with Crippen molar-refractivity contribution in [3.8, 4) is 17.2 Å². The Kier molecular flexibility index (Phi) is 7.98. The molecule has 1 amide bonds. The molecule has 2 unspecified atom stereocenters. The minimum atomic E-state index is -0.686. The van der Waals surface area contributed by atoms with E-state index in [0.717, 1.165) is 24.0 Å². The van der Waals surface area contributed by atoms with Gasteiger partial charge < -0.3 is 24.5 Å². The van der Waals surface area contributed by atoms with Crippen LogP contribution < -0.4 is 20.3 Å². The molecule has 2 heterocycles. The molecular formula is C29H34N2O5. The smallest absolute Gasteiger partial charge is 0.258 e. The highest BCUT2D eigenvalue weighted by molar-refractivity contribution is 5.81. The number of nitrogens with zero attached hydrogens (tertiary/aromatic N) is 1. The Balaban J connectivity index is 1.65. The van der Waals surface area contributed by atoms with Crippen LogP contribution in [0.2, 0.25) is 0 Å². The number of carbonyl (C=O) groups is 1. The first-order valence-electron chi connectivity index (χ1n) is 12.6. The zero-order chi connectivity index (χ0) is 25.7. The number of ether oxygens (including phenoxy) is 2. The van der Waals surface area contributed by atoms with Gasteiger partial charge in [-0.2, -0.15) is 0 Å². The van der Waals surface area contributed by atoms with Gasteiger partial charge in [0.2, 0.25) is 12.7 Å². The van der Waals surface area contributed by atoms with Crippen LogP contribution in [0.5, 0.6) is 17.2 Å². The van der Waals surface area contributed by atoms with Gasteiger partial charge in [-0.15, -0.1) is 0 Å². The lowest BCUT2D eigenvalue weighted by atomic mass is 10.0. The van der Waals surface area contributed by atoms with Crippen molar-refractivity contribution in [2.24, 2.45) is 0 Å². The number of aryl methyl sites for hydroxylation is 1. The molecule has 0 fully saturated rings. The minimum absolute atomic E-state index is 0.0125. The quantitative estimate of drug-likeness (QED) is 0.409. The molecule has 190 valence electrons. The number of pyridine rings is 1. The van der Waals surface area contributed by atoms with Crippen molar-refractivity contribution < 1.29 is 19.4 Å². The lowest BCUT2D eigenvalue weighted by molar-refractivity contribution is -0.125. The minimum Gasteiger partial charge on any atom is -0.507 e. The predicted molar refractivity (Wildman–Crippen MR) is 139 cm³/mol. The predicted octanol–water partition coefficient (Wildman–Crippen LogP) is 5.18. The Bertz CT molecular complexity index is 1270. The molecule has 36 heavy (non-hydrogen) atoms. The zero-order valence-corrected chi connectivity index (χ0v) is 21.1. The van der Waals surface area contributed by atoms with Gasteiger partial charge >= 0.3 is 0 Å². The van der Waals surface area contributed by atoms with Crippen LogP contribution in [0, 0.1) is 6.92 Å². The summed E-state index contributed by atoms with van der Waals surface area (Å²) in [6.45, 7) is 6.01. The fourth-order valence-electron chi connectivity index (χ4n) is 4.63. The van der Waals surface area contributed by atoms with Crippen molar-refractivity contribution in [1.82, 2.24) is 9.88 Å². The topological polar surface area (TPSA) is 89.8 Å². The molecule has 2 atom stereocenters. The molecule has 0 saturated carbocycles. The van der Waals surface area contributed by atoms with Crippen molar-refractivity contribution in [2.75, 3.05) is 6.79 Å². The zero-order valence-electron chi connectivity index (χ0n) is 21.1. The summed E-state index contributed by atoms with van der Waals surface area (Å²) >= 11 is 0. The summed E-state index contributed by atoms with van der Waals surface area (Å²) in [5.41, 5.74) is 2.37. The molecule has 1 aliphatic heterocycles. The van der Waals surface area contributed by atoms with Gasteiger partial charge in [-0.25, -0.2) is 0 Å². The summed E-state index contributed by atoms with van der Waals surface area (Å²) in [5, 5.41) is 13.9. The van der Waals surface area contributed by atoms with Crippen molar-refractivity contribution >= 4 is 5.91 Å². The van der Waals surface area contributed by atoms with E-state index in [2.05, 4.69) is 12.2 Å². The first kappa shape index (κ1) is 25.4. The molecule has 0 bridgehead atoms. The number of aromatic hydroxyl groups is 1. The maximum absolute atomic E-state index is 13.7. The molecule has 2 aromatic carbocycles. The van der Waals surface area contributed by atoms with Crippen molar-refractivity contribution in [3.63, 3.8) is 0 Å². The lowest BCUT2D eigenvalue weighted by Gasteiger charge is -2.25. The second-order valence-corrected chi connectivity index (χ2v) is 9.25. The number of aromatic nitrogens is 1. The van der Waals surface area contributed by atoms with E-state index < -0.39 is 6.04 Å². The molecule has 0 saturated heterocycles. The highest BCUT2D eigenvalue weighted by atomic mass is 16.7. The monoisotopic (exact) mass is 490 g/mol. The van der Waals surface area contributed by atoms with E-state index in [9.17, 15) is 14.7 Å². The van der Waals surface area contributed by atoms with Gasteiger partial charge in [0.1, 0.15) is 11.8 Å². The highest BCUT2D eigenvalue weighted by Gasteiger charge is 2.27. The van der Waals surface area contributed by atoms with Crippen LogP contribution in [0.3, 0.4) is 0 Å². The number of hydrogen-bond acceptors (Lipinski definition) is 5. The third kappa shape index (κ3) is 5.40. The first-order valence-corrected chi connectivity index (χ1v) is 12.6. The van der Waals surface area contributed by atoms with Gasteiger partial charge in [0.15, 0.2) is 11.5 Å². The molecular weight excluding hydrogens is 456 g/mol. The largest absolute Gasteiger partial charge is 0.507 e. The van der Waals surface area contributed by atoms with Gasteiger partial charge in [-0.05, 0) is 43.0 Å². The molecule has 7 heteroatoms. The Morgan fingerprint density at radius 3 is 2.58 bits per heavy atom. The Morgan fingerprint density at radius 2 is 1.86 bits per heavy atom. The lowest BCUT2D eigenvalue weighted by Crippen LogP contribution is -2.39. The van der Waals surface area contributed by atoms with Gasteiger partial charge in [-0.3, -0.25) is 9.59 Å². The van der Waals surface area contributed by atoms with Gasteiger partial charge in [0.05, 0.1) is 11.6 Å². The number of amides is 1. The number of fused-ring (bicyclic) bond motifs is 1. The summed E-state index contributed by atoms with van der Waals surface area (Å²) in [6.07, 6.45) is 4.78. The van der Waals surface area contributed by atoms with Gasteiger partial charge in [0.25, 0.3) is 5.56 Å². The number of benzene rings is 2. The third-order valence-corrected chi connectivity index (χ3v) is 6.70. The summed E-state index contributed by atoms with van der Waals surface area (Å²) < 4.78 is 12.4. The van der Waals surface area contributed by atoms with Crippen LogP contribution in [0.1, 0.15) is 73.9 Å². The Hall–Kier alpha value is -3.74. The summed E-state index contributed by atoms with van der Waals surface area (Å²) in [7, 11) is 0. The SMILES string of the molecule is CCCCC(C(=O)NC(CC)c1ccc2c(c1)OCO2)n1cc(C)c(O)c(Cc2ccccc2)c1=O. The number of unbranched alkanes of at least 4 members (excludes halogenated alkanes) is 1. The molecule has 0 radical (unpaired) electrons.